The molecule has 2 aliphatic heterocycles. The van der Waals surface area contributed by atoms with Crippen LogP contribution < -0.4 is 0 Å². The van der Waals surface area contributed by atoms with Crippen molar-refractivity contribution >= 4 is 21.1 Å². The molecule has 2 aromatic rings. The lowest BCUT2D eigenvalue weighted by Gasteiger charge is -2.42. The highest BCUT2D eigenvalue weighted by Gasteiger charge is 2.42. The third-order valence-corrected chi connectivity index (χ3v) is 7.17. The van der Waals surface area contributed by atoms with Crippen LogP contribution in [0.1, 0.15) is 26.2 Å². The zero-order valence-electron chi connectivity index (χ0n) is 13.3. The summed E-state index contributed by atoms with van der Waals surface area (Å²) in [6.45, 7) is 4.63. The zero-order chi connectivity index (χ0) is 16.0. The molecule has 2 fully saturated rings. The molecule has 2 aromatic heterocycles. The second-order valence-corrected chi connectivity index (χ2v) is 8.34. The van der Waals surface area contributed by atoms with E-state index >= 15 is 0 Å². The number of pyridine rings is 1. The Morgan fingerprint density at radius 3 is 3.09 bits per heavy atom. The van der Waals surface area contributed by atoms with Crippen molar-refractivity contribution in [2.24, 2.45) is 0 Å². The van der Waals surface area contributed by atoms with Crippen LogP contribution in [-0.4, -0.2) is 59.3 Å². The smallest absolute Gasteiger partial charge is 0.245 e. The van der Waals surface area contributed by atoms with E-state index in [1.54, 1.807) is 22.8 Å². The number of aromatic amines is 1. The van der Waals surface area contributed by atoms with Crippen molar-refractivity contribution in [1.29, 1.82) is 0 Å². The first-order valence-corrected chi connectivity index (χ1v) is 9.73. The summed E-state index contributed by atoms with van der Waals surface area (Å²) < 4.78 is 28.3. The molecule has 23 heavy (non-hydrogen) atoms. The highest BCUT2D eigenvalue weighted by Crippen LogP contribution is 2.32. The van der Waals surface area contributed by atoms with E-state index in [-0.39, 0.29) is 6.04 Å². The summed E-state index contributed by atoms with van der Waals surface area (Å²) in [5.41, 5.74) is 0.624. The van der Waals surface area contributed by atoms with Gasteiger partial charge in [0.15, 0.2) is 0 Å². The minimum absolute atomic E-state index is 0.0518. The van der Waals surface area contributed by atoms with Crippen LogP contribution in [0.5, 0.6) is 0 Å². The first kappa shape index (κ1) is 15.1. The molecule has 0 unspecified atom stereocenters. The van der Waals surface area contributed by atoms with E-state index in [4.69, 9.17) is 0 Å². The average molecular weight is 334 g/mol. The summed E-state index contributed by atoms with van der Waals surface area (Å²) in [4.78, 5) is 10.00. The van der Waals surface area contributed by atoms with Crippen molar-refractivity contribution in [3.05, 3.63) is 24.5 Å². The van der Waals surface area contributed by atoms with Crippen LogP contribution in [0.25, 0.3) is 11.0 Å². The standard InChI is InChI=1S/C16H22N4O2S/c1-2-12-10-19-8-4-5-13(19)11-20(12)23(21,22)15-9-18-16-14(15)6-3-7-17-16/h3,6-7,9,12-13H,2,4-5,8,10-11H2,1H3,(H,17,18)/t12-,13-/m0/s1. The summed E-state index contributed by atoms with van der Waals surface area (Å²) in [7, 11) is -3.51. The Bertz CT molecular complexity index is 816. The van der Waals surface area contributed by atoms with Crippen molar-refractivity contribution in [3.8, 4) is 0 Å². The number of nitrogens with zero attached hydrogens (tertiary/aromatic N) is 3. The van der Waals surface area contributed by atoms with Gasteiger partial charge in [-0.2, -0.15) is 4.31 Å². The summed E-state index contributed by atoms with van der Waals surface area (Å²) in [5, 5.41) is 0.677. The molecule has 0 radical (unpaired) electrons. The number of aromatic nitrogens is 2. The first-order valence-electron chi connectivity index (χ1n) is 8.29. The Balaban J connectivity index is 1.74. The normalized spacial score (nSPS) is 26.7. The minimum Gasteiger partial charge on any atom is -0.345 e. The Labute approximate surface area is 136 Å². The van der Waals surface area contributed by atoms with Crippen LogP contribution in [0.3, 0.4) is 0 Å². The van der Waals surface area contributed by atoms with Crippen molar-refractivity contribution in [1.82, 2.24) is 19.2 Å². The Kier molecular flexibility index (Phi) is 3.66. The van der Waals surface area contributed by atoms with Gasteiger partial charge >= 0.3 is 0 Å². The van der Waals surface area contributed by atoms with E-state index in [1.165, 1.54) is 6.42 Å². The van der Waals surface area contributed by atoms with E-state index in [0.29, 0.717) is 28.5 Å². The predicted octanol–water partition coefficient (Wildman–Crippen LogP) is 1.81. The molecule has 7 heteroatoms. The van der Waals surface area contributed by atoms with Gasteiger partial charge in [-0.05, 0) is 37.9 Å². The van der Waals surface area contributed by atoms with E-state index in [9.17, 15) is 8.42 Å². The van der Waals surface area contributed by atoms with E-state index in [1.807, 2.05) is 6.07 Å². The van der Waals surface area contributed by atoms with Crippen LogP contribution in [0.2, 0.25) is 0 Å². The molecule has 0 aliphatic carbocycles. The fraction of sp³-hybridized carbons (Fsp3) is 0.562. The van der Waals surface area contributed by atoms with E-state index < -0.39 is 10.0 Å². The Morgan fingerprint density at radius 2 is 2.26 bits per heavy atom. The van der Waals surface area contributed by atoms with Crippen LogP contribution in [0.15, 0.2) is 29.4 Å². The van der Waals surface area contributed by atoms with Gasteiger partial charge in [0.05, 0.1) is 0 Å². The Morgan fingerprint density at radius 1 is 1.39 bits per heavy atom. The van der Waals surface area contributed by atoms with Gasteiger partial charge in [0.25, 0.3) is 0 Å². The SMILES string of the molecule is CC[C@H]1CN2CCC[C@H]2CN1S(=O)(=O)c1c[nH]c2ncccc12. The van der Waals surface area contributed by atoms with Crippen LogP contribution in [-0.2, 0) is 10.0 Å². The number of fused-ring (bicyclic) bond motifs is 2. The molecule has 2 aliphatic rings. The quantitative estimate of drug-likeness (QED) is 0.929. The van der Waals surface area contributed by atoms with Gasteiger partial charge in [-0.25, -0.2) is 13.4 Å². The maximum Gasteiger partial charge on any atom is 0.245 e. The molecule has 0 amide bonds. The Hall–Kier alpha value is -1.44. The van der Waals surface area contributed by atoms with Crippen molar-refractivity contribution in [3.63, 3.8) is 0 Å². The lowest BCUT2D eigenvalue weighted by atomic mass is 10.1. The molecular weight excluding hydrogens is 312 g/mol. The molecule has 0 saturated carbocycles. The highest BCUT2D eigenvalue weighted by molar-refractivity contribution is 7.89. The van der Waals surface area contributed by atoms with Gasteiger partial charge in [0.1, 0.15) is 10.5 Å². The molecule has 2 saturated heterocycles. The minimum atomic E-state index is -3.51. The largest absolute Gasteiger partial charge is 0.345 e. The molecule has 0 bridgehead atoms. The number of H-pyrrole nitrogens is 1. The lowest BCUT2D eigenvalue weighted by Crippen LogP contribution is -2.57. The number of piperazine rings is 1. The molecule has 6 nitrogen and oxygen atoms in total. The summed E-state index contributed by atoms with van der Waals surface area (Å²) in [6, 6.07) is 4.02. The van der Waals surface area contributed by atoms with Crippen LogP contribution in [0, 0.1) is 0 Å². The van der Waals surface area contributed by atoms with Crippen molar-refractivity contribution in [2.45, 2.75) is 43.2 Å². The second kappa shape index (κ2) is 5.58. The van der Waals surface area contributed by atoms with Crippen LogP contribution in [0.4, 0.5) is 0 Å². The molecule has 1 N–H and O–H groups in total. The monoisotopic (exact) mass is 334 g/mol. The highest BCUT2D eigenvalue weighted by atomic mass is 32.2. The number of sulfonamides is 1. The summed E-state index contributed by atoms with van der Waals surface area (Å²) in [6.07, 6.45) is 6.36. The zero-order valence-corrected chi connectivity index (χ0v) is 14.1. The summed E-state index contributed by atoms with van der Waals surface area (Å²) in [5.74, 6) is 0. The van der Waals surface area contributed by atoms with Gasteiger partial charge < -0.3 is 4.98 Å². The number of nitrogens with one attached hydrogen (secondary N) is 1. The van der Waals surface area contributed by atoms with Crippen LogP contribution >= 0.6 is 0 Å². The number of hydrogen-bond acceptors (Lipinski definition) is 4. The van der Waals surface area contributed by atoms with Gasteiger partial charge in [0, 0.05) is 43.0 Å². The lowest BCUT2D eigenvalue weighted by molar-refractivity contribution is 0.106. The van der Waals surface area contributed by atoms with Gasteiger partial charge in [-0.15, -0.1) is 0 Å². The van der Waals surface area contributed by atoms with Gasteiger partial charge in [-0.3, -0.25) is 4.90 Å². The number of rotatable bonds is 3. The molecule has 124 valence electrons. The molecular formula is C16H22N4O2S. The fourth-order valence-corrected chi connectivity index (χ4v) is 5.84. The van der Waals surface area contributed by atoms with Gasteiger partial charge in [-0.1, -0.05) is 6.92 Å². The van der Waals surface area contributed by atoms with E-state index in [0.717, 1.165) is 25.9 Å². The molecule has 2 atom stereocenters. The third-order valence-electron chi connectivity index (χ3n) is 5.21. The van der Waals surface area contributed by atoms with E-state index in [2.05, 4.69) is 21.8 Å². The van der Waals surface area contributed by atoms with Crippen molar-refractivity contribution < 1.29 is 8.42 Å². The molecule has 0 spiro atoms. The average Bonchev–Trinajstić information content (AvgIpc) is 3.19. The molecule has 4 rings (SSSR count). The van der Waals surface area contributed by atoms with Crippen molar-refractivity contribution in [2.75, 3.05) is 19.6 Å². The van der Waals surface area contributed by atoms with Gasteiger partial charge in [0.2, 0.25) is 10.0 Å². The first-order chi connectivity index (χ1) is 11.1. The maximum absolute atomic E-state index is 13.3. The summed E-state index contributed by atoms with van der Waals surface area (Å²) >= 11 is 0. The molecule has 4 heterocycles. The predicted molar refractivity (Wildman–Crippen MR) is 88.7 cm³/mol. The fourth-order valence-electron chi connectivity index (χ4n) is 3.96. The number of hydrogen-bond donors (Lipinski definition) is 1. The molecule has 0 aromatic carbocycles. The maximum atomic E-state index is 13.3. The second-order valence-electron chi connectivity index (χ2n) is 6.48. The topological polar surface area (TPSA) is 69.3 Å². The third kappa shape index (κ3) is 2.38.